The normalized spacial score (nSPS) is 11.7. The molecule has 0 atom stereocenters. The van der Waals surface area contributed by atoms with E-state index in [4.69, 9.17) is 10.5 Å². The molecular formula is C8H13N3O2. The van der Waals surface area contributed by atoms with E-state index in [1.165, 1.54) is 6.20 Å². The Morgan fingerprint density at radius 2 is 2.31 bits per heavy atom. The van der Waals surface area contributed by atoms with E-state index in [9.17, 15) is 4.79 Å². The highest BCUT2D eigenvalue weighted by molar-refractivity contribution is 5.87. The topological polar surface area (TPSA) is 77.0 Å². The minimum atomic E-state index is -0.413. The van der Waals surface area contributed by atoms with Crippen LogP contribution in [0, 0.1) is 0 Å². The minimum absolute atomic E-state index is 0.0907. The van der Waals surface area contributed by atoms with E-state index in [0.29, 0.717) is 12.2 Å². The largest absolute Gasteiger partial charge is 0.463 e. The van der Waals surface area contributed by atoms with Crippen LogP contribution in [0.5, 0.6) is 0 Å². The first kappa shape index (κ1) is 11.4. The lowest BCUT2D eigenvalue weighted by Crippen LogP contribution is -2.04. The fraction of sp³-hybridized carbons (Fsp3) is 0.375. The van der Waals surface area contributed by atoms with Crippen LogP contribution >= 0.6 is 0 Å². The fourth-order valence-electron chi connectivity index (χ4n) is 0.487. The number of nitrogens with zero attached hydrogens (tertiary/aromatic N) is 2. The molecule has 0 aromatic rings. The lowest BCUT2D eigenvalue weighted by atomic mass is 10.3. The van der Waals surface area contributed by atoms with E-state index in [-0.39, 0.29) is 5.82 Å². The molecule has 0 radical (unpaired) electrons. The first-order valence-electron chi connectivity index (χ1n) is 3.77. The van der Waals surface area contributed by atoms with E-state index < -0.39 is 5.97 Å². The van der Waals surface area contributed by atoms with Crippen LogP contribution in [0.25, 0.3) is 0 Å². The molecule has 0 amide bonds. The van der Waals surface area contributed by atoms with Crippen molar-refractivity contribution in [1.82, 2.24) is 0 Å². The molecular weight excluding hydrogens is 170 g/mol. The van der Waals surface area contributed by atoms with Crippen molar-refractivity contribution < 1.29 is 9.53 Å². The number of ether oxygens (including phenoxy) is 1. The van der Waals surface area contributed by atoms with Crippen LogP contribution in [0.1, 0.15) is 13.8 Å². The van der Waals surface area contributed by atoms with E-state index >= 15 is 0 Å². The van der Waals surface area contributed by atoms with E-state index in [2.05, 4.69) is 16.8 Å². The maximum absolute atomic E-state index is 11.0. The quantitative estimate of drug-likeness (QED) is 0.406. The van der Waals surface area contributed by atoms with Crippen molar-refractivity contribution in [1.29, 1.82) is 0 Å². The molecule has 0 saturated carbocycles. The first-order chi connectivity index (χ1) is 6.07. The molecule has 0 aliphatic carbocycles. The second-order valence-electron chi connectivity index (χ2n) is 2.24. The van der Waals surface area contributed by atoms with Gasteiger partial charge in [-0.3, -0.25) is 0 Å². The molecule has 0 fully saturated rings. The highest BCUT2D eigenvalue weighted by Crippen LogP contribution is 1.97. The van der Waals surface area contributed by atoms with Gasteiger partial charge < -0.3 is 10.5 Å². The highest BCUT2D eigenvalue weighted by atomic mass is 16.5. The molecule has 2 N–H and O–H groups in total. The molecule has 0 bridgehead atoms. The molecule has 0 heterocycles. The van der Waals surface area contributed by atoms with Gasteiger partial charge in [-0.15, -0.1) is 5.11 Å². The maximum atomic E-state index is 11.0. The molecule has 0 saturated heterocycles. The van der Waals surface area contributed by atoms with Crippen LogP contribution in [0.15, 0.2) is 34.4 Å². The summed E-state index contributed by atoms with van der Waals surface area (Å²) in [6, 6.07) is 0. The average molecular weight is 183 g/mol. The predicted octanol–water partition coefficient (Wildman–Crippen LogP) is 1.34. The second kappa shape index (κ2) is 5.93. The summed E-state index contributed by atoms with van der Waals surface area (Å²) in [7, 11) is 0. The predicted molar refractivity (Wildman–Crippen MR) is 48.6 cm³/mol. The number of esters is 1. The molecule has 0 aliphatic heterocycles. The highest BCUT2D eigenvalue weighted by Gasteiger charge is 2.02. The second-order valence-corrected chi connectivity index (χ2v) is 2.24. The third-order valence-corrected chi connectivity index (χ3v) is 1.03. The SMILES string of the molecule is C=C(N)N=N/C=C(\C)C(=O)OCC. The number of rotatable bonds is 4. The van der Waals surface area contributed by atoms with Crippen LogP contribution in [0.4, 0.5) is 0 Å². The van der Waals surface area contributed by atoms with E-state index in [1.807, 2.05) is 0 Å². The summed E-state index contributed by atoms with van der Waals surface area (Å²) in [6.07, 6.45) is 1.27. The molecule has 0 aliphatic rings. The molecule has 72 valence electrons. The van der Waals surface area contributed by atoms with Crippen LogP contribution in [0.2, 0.25) is 0 Å². The molecule has 0 rings (SSSR count). The number of carbonyl (C=O) groups is 1. The summed E-state index contributed by atoms with van der Waals surface area (Å²) in [5.74, 6) is -0.322. The summed E-state index contributed by atoms with van der Waals surface area (Å²) in [4.78, 5) is 11.0. The van der Waals surface area contributed by atoms with Crippen molar-refractivity contribution in [3.8, 4) is 0 Å². The summed E-state index contributed by atoms with van der Waals surface area (Å²) in [6.45, 7) is 6.95. The van der Waals surface area contributed by atoms with Gasteiger partial charge >= 0.3 is 5.97 Å². The van der Waals surface area contributed by atoms with Gasteiger partial charge in [0.05, 0.1) is 18.4 Å². The Balaban J connectivity index is 4.16. The zero-order valence-electron chi connectivity index (χ0n) is 7.78. The third kappa shape index (κ3) is 5.60. The average Bonchev–Trinajstić information content (AvgIpc) is 2.04. The van der Waals surface area contributed by atoms with Gasteiger partial charge in [0.25, 0.3) is 0 Å². The number of carbonyl (C=O) groups excluding carboxylic acids is 1. The lowest BCUT2D eigenvalue weighted by molar-refractivity contribution is -0.138. The molecule has 5 heteroatoms. The zero-order valence-corrected chi connectivity index (χ0v) is 7.78. The third-order valence-electron chi connectivity index (χ3n) is 1.03. The van der Waals surface area contributed by atoms with Crippen molar-refractivity contribution in [2.45, 2.75) is 13.8 Å². The summed E-state index contributed by atoms with van der Waals surface area (Å²) in [5, 5.41) is 6.94. The van der Waals surface area contributed by atoms with Crippen molar-refractivity contribution >= 4 is 5.97 Å². The van der Waals surface area contributed by atoms with Crippen LogP contribution in [-0.4, -0.2) is 12.6 Å². The van der Waals surface area contributed by atoms with Gasteiger partial charge in [-0.25, -0.2) is 4.79 Å². The Morgan fingerprint density at radius 1 is 1.69 bits per heavy atom. The standard InChI is InChI=1S/C8H13N3O2/c1-4-13-8(12)6(2)5-10-11-7(3)9/h5H,3-4,9H2,1-2H3/b6-5+,11-10?. The molecule has 0 aromatic carbocycles. The van der Waals surface area contributed by atoms with E-state index in [1.54, 1.807) is 13.8 Å². The monoisotopic (exact) mass is 183 g/mol. The zero-order chi connectivity index (χ0) is 10.3. The Bertz CT molecular complexity index is 256. The summed E-state index contributed by atoms with van der Waals surface area (Å²) in [5.41, 5.74) is 5.48. The number of hydrogen-bond donors (Lipinski definition) is 1. The molecule has 0 aromatic heterocycles. The Labute approximate surface area is 77.0 Å². The lowest BCUT2D eigenvalue weighted by Gasteiger charge is -1.98. The summed E-state index contributed by atoms with van der Waals surface area (Å²) < 4.78 is 4.70. The van der Waals surface area contributed by atoms with E-state index in [0.717, 1.165) is 0 Å². The number of nitrogens with two attached hydrogens (primary N) is 1. The van der Waals surface area contributed by atoms with Crippen molar-refractivity contribution in [2.24, 2.45) is 16.0 Å². The smallest absolute Gasteiger partial charge is 0.335 e. The van der Waals surface area contributed by atoms with Gasteiger partial charge in [0.2, 0.25) is 0 Å². The molecule has 13 heavy (non-hydrogen) atoms. The maximum Gasteiger partial charge on any atom is 0.335 e. The first-order valence-corrected chi connectivity index (χ1v) is 3.77. The Kier molecular flexibility index (Phi) is 5.18. The molecule has 5 nitrogen and oxygen atoms in total. The van der Waals surface area contributed by atoms with Gasteiger partial charge in [0, 0.05) is 0 Å². The van der Waals surface area contributed by atoms with Crippen LogP contribution < -0.4 is 5.73 Å². The fourth-order valence-corrected chi connectivity index (χ4v) is 0.487. The van der Waals surface area contributed by atoms with Gasteiger partial charge in [-0.2, -0.15) is 5.11 Å². The van der Waals surface area contributed by atoms with Crippen molar-refractivity contribution in [3.05, 3.63) is 24.2 Å². The Morgan fingerprint density at radius 3 is 2.77 bits per heavy atom. The number of azo groups is 1. The molecule has 0 unspecified atom stereocenters. The van der Waals surface area contributed by atoms with Gasteiger partial charge in [-0.1, -0.05) is 6.58 Å². The summed E-state index contributed by atoms with van der Waals surface area (Å²) >= 11 is 0. The van der Waals surface area contributed by atoms with Crippen LogP contribution in [0.3, 0.4) is 0 Å². The van der Waals surface area contributed by atoms with Gasteiger partial charge in [-0.05, 0) is 13.8 Å². The van der Waals surface area contributed by atoms with Gasteiger partial charge in [0.15, 0.2) is 0 Å². The minimum Gasteiger partial charge on any atom is -0.463 e. The van der Waals surface area contributed by atoms with Crippen molar-refractivity contribution in [2.75, 3.05) is 6.61 Å². The van der Waals surface area contributed by atoms with Gasteiger partial charge in [0.1, 0.15) is 5.82 Å². The van der Waals surface area contributed by atoms with Crippen molar-refractivity contribution in [3.63, 3.8) is 0 Å². The Hall–Kier alpha value is -1.65. The van der Waals surface area contributed by atoms with Crippen LogP contribution in [-0.2, 0) is 9.53 Å². The number of hydrogen-bond acceptors (Lipinski definition) is 5. The molecule has 0 spiro atoms.